The van der Waals surface area contributed by atoms with Gasteiger partial charge in [0.2, 0.25) is 23.7 Å². The third kappa shape index (κ3) is 6.45. The zero-order valence-electron chi connectivity index (χ0n) is 28.0. The molecule has 0 atom stereocenters. The molecule has 0 fully saturated rings. The SMILES string of the molecule is CCn1nc(C)cc1C(=O)Nc1nc2cc(C(N)=O)ccc2n1CC=CCn1c(NC(=O)c2cc(C)nn2CC)nc2cc(C(N)=O)ccc21. The Morgan fingerprint density at radius 3 is 1.42 bits per heavy atom. The van der Waals surface area contributed by atoms with E-state index < -0.39 is 11.8 Å². The average molecular weight is 677 g/mol. The molecule has 16 heteroatoms. The summed E-state index contributed by atoms with van der Waals surface area (Å²) in [6.07, 6.45) is 3.76. The number of hydrogen-bond donors (Lipinski definition) is 4. The quantitative estimate of drug-likeness (QED) is 0.141. The van der Waals surface area contributed by atoms with Crippen LogP contribution in [0.25, 0.3) is 22.1 Å². The summed E-state index contributed by atoms with van der Waals surface area (Å²) in [7, 11) is 0. The van der Waals surface area contributed by atoms with E-state index in [-0.39, 0.29) is 47.9 Å². The van der Waals surface area contributed by atoms with Crippen molar-refractivity contribution in [2.24, 2.45) is 11.5 Å². The second-order valence-electron chi connectivity index (χ2n) is 11.6. The highest BCUT2D eigenvalue weighted by Crippen LogP contribution is 2.24. The van der Waals surface area contributed by atoms with Gasteiger partial charge < -0.3 is 20.6 Å². The van der Waals surface area contributed by atoms with Crippen molar-refractivity contribution in [1.29, 1.82) is 0 Å². The van der Waals surface area contributed by atoms with Crippen molar-refractivity contribution in [3.63, 3.8) is 0 Å². The lowest BCUT2D eigenvalue weighted by molar-refractivity contribution is 0.0992. The maximum atomic E-state index is 13.4. The Kier molecular flexibility index (Phi) is 9.00. The zero-order valence-corrected chi connectivity index (χ0v) is 28.0. The molecule has 6 aromatic rings. The number of anilines is 2. The van der Waals surface area contributed by atoms with E-state index in [1.54, 1.807) is 67.0 Å². The number of benzene rings is 2. The highest BCUT2D eigenvalue weighted by atomic mass is 16.2. The predicted molar refractivity (Wildman–Crippen MR) is 187 cm³/mol. The molecule has 6 rings (SSSR count). The number of carbonyl (C=O) groups is 4. The molecule has 0 saturated carbocycles. The highest BCUT2D eigenvalue weighted by molar-refractivity contribution is 6.04. The number of nitrogens with one attached hydrogen (secondary N) is 2. The minimum absolute atomic E-state index is 0.264. The Bertz CT molecular complexity index is 2180. The first-order valence-electron chi connectivity index (χ1n) is 15.9. The van der Waals surface area contributed by atoms with E-state index >= 15 is 0 Å². The molecule has 0 bridgehead atoms. The van der Waals surface area contributed by atoms with Gasteiger partial charge in [-0.1, -0.05) is 12.2 Å². The molecule has 0 unspecified atom stereocenters. The van der Waals surface area contributed by atoms with Crippen LogP contribution in [0.1, 0.15) is 66.9 Å². The topological polar surface area (TPSA) is 216 Å². The molecule has 6 N–H and O–H groups in total. The van der Waals surface area contributed by atoms with Crippen molar-refractivity contribution in [2.45, 2.75) is 53.9 Å². The third-order valence-electron chi connectivity index (χ3n) is 8.13. The number of aryl methyl sites for hydroxylation is 4. The monoisotopic (exact) mass is 676 g/mol. The smallest absolute Gasteiger partial charge is 0.276 e. The van der Waals surface area contributed by atoms with Crippen molar-refractivity contribution in [3.05, 3.63) is 94.6 Å². The Morgan fingerprint density at radius 1 is 0.660 bits per heavy atom. The lowest BCUT2D eigenvalue weighted by Gasteiger charge is -2.10. The molecule has 4 heterocycles. The maximum Gasteiger partial charge on any atom is 0.276 e. The zero-order chi connectivity index (χ0) is 35.7. The summed E-state index contributed by atoms with van der Waals surface area (Å²) in [6.45, 7) is 8.99. The van der Waals surface area contributed by atoms with Crippen LogP contribution in [-0.2, 0) is 26.2 Å². The molecule has 0 aliphatic rings. The molecule has 0 saturated heterocycles. The van der Waals surface area contributed by atoms with E-state index in [9.17, 15) is 19.2 Å². The van der Waals surface area contributed by atoms with Crippen LogP contribution in [0.3, 0.4) is 0 Å². The molecular formula is C34H36N12O4. The van der Waals surface area contributed by atoms with Gasteiger partial charge >= 0.3 is 0 Å². The number of nitrogens with two attached hydrogens (primary N) is 2. The molecule has 0 aliphatic heterocycles. The second-order valence-corrected chi connectivity index (χ2v) is 11.6. The fourth-order valence-electron chi connectivity index (χ4n) is 5.76. The minimum Gasteiger partial charge on any atom is -0.366 e. The van der Waals surface area contributed by atoms with Gasteiger partial charge in [-0.15, -0.1) is 0 Å². The summed E-state index contributed by atoms with van der Waals surface area (Å²) in [5.41, 5.74) is 16.1. The van der Waals surface area contributed by atoms with E-state index in [0.717, 1.165) is 0 Å². The largest absolute Gasteiger partial charge is 0.366 e. The summed E-state index contributed by atoms with van der Waals surface area (Å²) in [5, 5.41) is 14.5. The Labute approximate surface area is 285 Å². The number of fused-ring (bicyclic) bond motifs is 2. The number of primary amides is 2. The summed E-state index contributed by atoms with van der Waals surface area (Å²) in [4.78, 5) is 59.7. The first-order chi connectivity index (χ1) is 24.0. The first kappa shape index (κ1) is 33.3. The maximum absolute atomic E-state index is 13.4. The molecular weight excluding hydrogens is 640 g/mol. The molecule has 4 aromatic heterocycles. The van der Waals surface area contributed by atoms with Crippen LogP contribution in [-0.4, -0.2) is 62.3 Å². The van der Waals surface area contributed by atoms with Crippen LogP contribution in [0, 0.1) is 13.8 Å². The standard InChI is InChI=1S/C34H36N12O4/c1-5-45-27(15-19(3)41-45)31(49)39-33-37-23-17-21(29(35)47)9-11-25(23)43(33)13-7-8-14-44-26-12-10-22(30(36)48)18-24(26)38-34(44)40-32(50)28-16-20(4)42-46(28)6-2/h7-12,15-18H,5-6,13-14H2,1-4H3,(H2,35,47)(H2,36,48)(H,37,39,49)(H,38,40,50). The number of hydrogen-bond acceptors (Lipinski definition) is 8. The molecule has 0 aliphatic carbocycles. The number of nitrogens with zero attached hydrogens (tertiary/aromatic N) is 8. The summed E-state index contributed by atoms with van der Waals surface area (Å²) < 4.78 is 6.82. The van der Waals surface area contributed by atoms with Crippen LogP contribution >= 0.6 is 0 Å². The number of allylic oxidation sites excluding steroid dienone is 2. The number of carbonyl (C=O) groups excluding carboxylic acids is 4. The summed E-state index contributed by atoms with van der Waals surface area (Å²) >= 11 is 0. The molecule has 50 heavy (non-hydrogen) atoms. The highest BCUT2D eigenvalue weighted by Gasteiger charge is 2.20. The van der Waals surface area contributed by atoms with Crippen molar-refractivity contribution in [2.75, 3.05) is 10.6 Å². The minimum atomic E-state index is -0.595. The normalized spacial score (nSPS) is 11.5. The van der Waals surface area contributed by atoms with Crippen molar-refractivity contribution in [3.8, 4) is 0 Å². The molecule has 0 radical (unpaired) electrons. The second kappa shape index (κ2) is 13.5. The van der Waals surface area contributed by atoms with Crippen molar-refractivity contribution >= 4 is 57.6 Å². The van der Waals surface area contributed by atoms with E-state index in [1.165, 1.54) is 0 Å². The summed E-state index contributed by atoms with van der Waals surface area (Å²) in [5.74, 6) is -1.43. The number of aromatic nitrogens is 8. The number of rotatable bonds is 12. The first-order valence-corrected chi connectivity index (χ1v) is 15.9. The molecule has 4 amide bonds. The molecule has 2 aromatic carbocycles. The van der Waals surface area contributed by atoms with E-state index in [1.807, 2.05) is 39.8 Å². The van der Waals surface area contributed by atoms with Crippen LogP contribution < -0.4 is 22.1 Å². The van der Waals surface area contributed by atoms with Gasteiger partial charge in [-0.3, -0.25) is 39.2 Å². The number of amides is 4. The van der Waals surface area contributed by atoms with Crippen molar-refractivity contribution in [1.82, 2.24) is 38.7 Å². The Hall–Kier alpha value is -6.58. The molecule has 256 valence electrons. The van der Waals surface area contributed by atoms with Crippen LogP contribution in [0.2, 0.25) is 0 Å². The van der Waals surface area contributed by atoms with Gasteiger partial charge in [0.25, 0.3) is 11.8 Å². The lowest BCUT2D eigenvalue weighted by atomic mass is 10.2. The van der Waals surface area contributed by atoms with Crippen LogP contribution in [0.5, 0.6) is 0 Å². The van der Waals surface area contributed by atoms with Gasteiger partial charge in [-0.2, -0.15) is 10.2 Å². The Morgan fingerprint density at radius 2 is 1.06 bits per heavy atom. The van der Waals surface area contributed by atoms with Gasteiger partial charge in [0.1, 0.15) is 11.4 Å². The predicted octanol–water partition coefficient (Wildman–Crippen LogP) is 3.39. The van der Waals surface area contributed by atoms with Gasteiger partial charge in [0, 0.05) is 37.3 Å². The number of imidazole rings is 2. The van der Waals surface area contributed by atoms with Gasteiger partial charge in [-0.25, -0.2) is 9.97 Å². The fraction of sp³-hybridized carbons (Fsp3) is 0.235. The Balaban J connectivity index is 1.32. The van der Waals surface area contributed by atoms with E-state index in [4.69, 9.17) is 11.5 Å². The van der Waals surface area contributed by atoms with E-state index in [0.29, 0.717) is 57.9 Å². The van der Waals surface area contributed by atoms with E-state index in [2.05, 4.69) is 30.8 Å². The van der Waals surface area contributed by atoms with Crippen LogP contribution in [0.4, 0.5) is 11.9 Å². The van der Waals surface area contributed by atoms with Gasteiger partial charge in [-0.05, 0) is 76.2 Å². The van der Waals surface area contributed by atoms with Crippen molar-refractivity contribution < 1.29 is 19.2 Å². The summed E-state index contributed by atoms with van der Waals surface area (Å²) in [6, 6.07) is 13.2. The average Bonchev–Trinajstić information content (AvgIpc) is 3.84. The fourth-order valence-corrected chi connectivity index (χ4v) is 5.76. The van der Waals surface area contributed by atoms with Gasteiger partial charge in [0.05, 0.1) is 33.5 Å². The molecule has 16 nitrogen and oxygen atoms in total. The van der Waals surface area contributed by atoms with Crippen LogP contribution in [0.15, 0.2) is 60.7 Å². The van der Waals surface area contributed by atoms with Gasteiger partial charge in [0.15, 0.2) is 0 Å². The third-order valence-corrected chi connectivity index (χ3v) is 8.13. The lowest BCUT2D eigenvalue weighted by Crippen LogP contribution is -2.20. The molecule has 0 spiro atoms.